The second kappa shape index (κ2) is 10.1. The van der Waals surface area contributed by atoms with Crippen LogP contribution in [0.15, 0.2) is 53.9 Å². The zero-order valence-corrected chi connectivity index (χ0v) is 22.2. The summed E-state index contributed by atoms with van der Waals surface area (Å²) in [6, 6.07) is 3.42. The van der Waals surface area contributed by atoms with Crippen LogP contribution in [0.2, 0.25) is 0 Å². The first-order chi connectivity index (χ1) is 17.1. The molecule has 9 heteroatoms. The monoisotopic (exact) mass is 509 g/mol. The van der Waals surface area contributed by atoms with Crippen molar-refractivity contribution in [3.8, 4) is 0 Å². The van der Waals surface area contributed by atoms with Gasteiger partial charge >= 0.3 is 0 Å². The number of Topliss-reactive ketones (excluding diaryl/α,β-unsaturated/α-hetero) is 1. The van der Waals surface area contributed by atoms with Crippen molar-refractivity contribution in [1.29, 1.82) is 0 Å². The van der Waals surface area contributed by atoms with Crippen LogP contribution in [0.5, 0.6) is 0 Å². The van der Waals surface area contributed by atoms with Gasteiger partial charge in [0.1, 0.15) is 5.69 Å². The molecule has 8 nitrogen and oxygen atoms in total. The van der Waals surface area contributed by atoms with Gasteiger partial charge in [-0.25, -0.2) is 8.42 Å². The Morgan fingerprint density at radius 2 is 2.19 bits per heavy atom. The Balaban J connectivity index is 1.76. The van der Waals surface area contributed by atoms with Gasteiger partial charge in [-0.15, -0.1) is 0 Å². The fourth-order valence-electron chi connectivity index (χ4n) is 5.40. The van der Waals surface area contributed by atoms with E-state index in [0.29, 0.717) is 37.9 Å². The number of aryl methyl sites for hydroxylation is 1. The highest BCUT2D eigenvalue weighted by Crippen LogP contribution is 2.50. The molecule has 0 bridgehead atoms. The van der Waals surface area contributed by atoms with Crippen LogP contribution in [0, 0.1) is 12.3 Å². The normalized spacial score (nSPS) is 22.1. The standard InChI is InChI=1S/C27H35N5O3S/c1-6-23(17-29-18(3)4)36(34,35)32(7-2)22-9-8-21-13-24-20(16-30-31-24)14-27(21,15-22)26(33)25-12-19(5)10-11-28-25/h6,10-13,16-18,22,29H,1,7-9,14-15H2,2-5H3,(H,30,31)/b23-17+/t22-,27-/m0/s1. The summed E-state index contributed by atoms with van der Waals surface area (Å²) < 4.78 is 29.0. The highest BCUT2D eigenvalue weighted by atomic mass is 32.2. The number of pyridine rings is 1. The number of nitrogens with one attached hydrogen (secondary N) is 2. The number of carbonyl (C=O) groups is 1. The molecule has 2 N–H and O–H groups in total. The molecule has 0 radical (unpaired) electrons. The number of H-pyrrole nitrogens is 1. The second-order valence-electron chi connectivity index (χ2n) is 9.96. The number of aromatic amines is 1. The topological polar surface area (TPSA) is 108 Å². The van der Waals surface area contributed by atoms with Crippen LogP contribution in [-0.4, -0.2) is 52.3 Å². The molecule has 0 aliphatic heterocycles. The zero-order valence-electron chi connectivity index (χ0n) is 21.4. The molecule has 36 heavy (non-hydrogen) atoms. The number of sulfonamides is 1. The van der Waals surface area contributed by atoms with E-state index in [1.165, 1.54) is 16.6 Å². The molecule has 2 aliphatic carbocycles. The molecule has 0 aromatic carbocycles. The highest BCUT2D eigenvalue weighted by Gasteiger charge is 2.51. The summed E-state index contributed by atoms with van der Waals surface area (Å²) in [4.78, 5) is 18.7. The van der Waals surface area contributed by atoms with Crippen LogP contribution >= 0.6 is 0 Å². The van der Waals surface area contributed by atoms with Crippen molar-refractivity contribution in [2.24, 2.45) is 5.41 Å². The number of nitrogens with zero attached hydrogens (tertiary/aromatic N) is 3. The van der Waals surface area contributed by atoms with Gasteiger partial charge in [0.25, 0.3) is 0 Å². The van der Waals surface area contributed by atoms with Gasteiger partial charge in [0.05, 0.1) is 22.2 Å². The SMILES string of the molecule is C=C/C(=C\NC(C)C)S(=O)(=O)N(CC)[C@H]1CCC2=Cc3[nH]ncc3C[C@]2(C(=O)c2cc(C)ccn2)C1. The Morgan fingerprint density at radius 1 is 1.42 bits per heavy atom. The fourth-order valence-corrected chi connectivity index (χ4v) is 7.01. The molecule has 4 rings (SSSR count). The Morgan fingerprint density at radius 3 is 2.86 bits per heavy atom. The van der Waals surface area contributed by atoms with Gasteiger partial charge in [-0.2, -0.15) is 9.40 Å². The lowest BCUT2D eigenvalue weighted by atomic mass is 9.60. The maximum Gasteiger partial charge on any atom is 0.244 e. The van der Waals surface area contributed by atoms with E-state index < -0.39 is 15.4 Å². The lowest BCUT2D eigenvalue weighted by molar-refractivity contribution is 0.0740. The molecule has 2 heterocycles. The lowest BCUT2D eigenvalue weighted by Gasteiger charge is -2.46. The van der Waals surface area contributed by atoms with Gasteiger partial charge < -0.3 is 5.32 Å². The Labute approximate surface area is 213 Å². The number of hydrogen-bond donors (Lipinski definition) is 2. The molecule has 0 saturated heterocycles. The van der Waals surface area contributed by atoms with E-state index in [4.69, 9.17) is 0 Å². The van der Waals surface area contributed by atoms with Crippen LogP contribution in [0.25, 0.3) is 6.08 Å². The molecule has 0 amide bonds. The number of carbonyl (C=O) groups excluding carboxylic acids is 1. The molecule has 2 aromatic heterocycles. The number of fused-ring (bicyclic) bond motifs is 2. The first-order valence-electron chi connectivity index (χ1n) is 12.4. The highest BCUT2D eigenvalue weighted by molar-refractivity contribution is 7.93. The molecule has 2 aliphatic rings. The van der Waals surface area contributed by atoms with Gasteiger partial charge in [-0.3, -0.25) is 14.9 Å². The summed E-state index contributed by atoms with van der Waals surface area (Å²) in [5, 5.41) is 10.3. The van der Waals surface area contributed by atoms with Crippen LogP contribution in [0.3, 0.4) is 0 Å². The van der Waals surface area contributed by atoms with Crippen molar-refractivity contribution in [3.05, 3.63) is 76.4 Å². The minimum atomic E-state index is -3.82. The second-order valence-corrected chi connectivity index (χ2v) is 11.9. The van der Waals surface area contributed by atoms with Crippen LogP contribution < -0.4 is 5.32 Å². The van der Waals surface area contributed by atoms with Gasteiger partial charge in [-0.05, 0) is 81.9 Å². The van der Waals surface area contributed by atoms with E-state index in [2.05, 4.69) is 27.1 Å². The minimum absolute atomic E-state index is 0.0663. The largest absolute Gasteiger partial charge is 0.388 e. The molecular formula is C27H35N5O3S. The third kappa shape index (κ3) is 4.69. The van der Waals surface area contributed by atoms with Crippen molar-refractivity contribution < 1.29 is 13.2 Å². The van der Waals surface area contributed by atoms with E-state index in [1.54, 1.807) is 12.4 Å². The van der Waals surface area contributed by atoms with Crippen molar-refractivity contribution in [3.63, 3.8) is 0 Å². The molecular weight excluding hydrogens is 474 g/mol. The summed E-state index contributed by atoms with van der Waals surface area (Å²) in [6.45, 7) is 11.7. The first kappa shape index (κ1) is 26.0. The Hall–Kier alpha value is -3.04. The summed E-state index contributed by atoms with van der Waals surface area (Å²) in [6.07, 6.45) is 10.4. The van der Waals surface area contributed by atoms with Crippen molar-refractivity contribution >= 4 is 21.9 Å². The molecule has 0 spiro atoms. The Bertz CT molecular complexity index is 1320. The van der Waals surface area contributed by atoms with E-state index in [9.17, 15) is 13.2 Å². The molecule has 2 atom stereocenters. The van der Waals surface area contributed by atoms with Gasteiger partial charge in [0.15, 0.2) is 5.78 Å². The smallest absolute Gasteiger partial charge is 0.244 e. The average Bonchev–Trinajstić information content (AvgIpc) is 3.29. The fraction of sp³-hybridized carbons (Fsp3) is 0.444. The van der Waals surface area contributed by atoms with Gasteiger partial charge in [0, 0.05) is 31.0 Å². The van der Waals surface area contributed by atoms with E-state index in [1.807, 2.05) is 45.9 Å². The molecule has 2 aromatic rings. The van der Waals surface area contributed by atoms with Crippen molar-refractivity contribution in [2.75, 3.05) is 6.54 Å². The Kier molecular flexibility index (Phi) is 7.33. The predicted octanol–water partition coefficient (Wildman–Crippen LogP) is 4.15. The number of allylic oxidation sites excluding steroid dienone is 2. The quantitative estimate of drug-likeness (QED) is 0.388. The van der Waals surface area contributed by atoms with E-state index in [-0.39, 0.29) is 22.8 Å². The number of ketones is 1. The first-order valence-corrected chi connectivity index (χ1v) is 13.9. The van der Waals surface area contributed by atoms with Gasteiger partial charge in [-0.1, -0.05) is 19.1 Å². The summed E-state index contributed by atoms with van der Waals surface area (Å²) in [5.74, 6) is -0.0663. The summed E-state index contributed by atoms with van der Waals surface area (Å²) >= 11 is 0. The third-order valence-electron chi connectivity index (χ3n) is 7.18. The zero-order chi connectivity index (χ0) is 26.1. The molecule has 192 valence electrons. The lowest BCUT2D eigenvalue weighted by Crippen LogP contribution is -2.50. The molecule has 0 unspecified atom stereocenters. The maximum atomic E-state index is 14.2. The minimum Gasteiger partial charge on any atom is -0.388 e. The van der Waals surface area contributed by atoms with Crippen LogP contribution in [0.1, 0.15) is 67.3 Å². The molecule has 1 saturated carbocycles. The molecule has 1 fully saturated rings. The van der Waals surface area contributed by atoms with Crippen LogP contribution in [0.4, 0.5) is 0 Å². The third-order valence-corrected chi connectivity index (χ3v) is 9.23. The van der Waals surface area contributed by atoms with E-state index >= 15 is 0 Å². The van der Waals surface area contributed by atoms with Crippen molar-refractivity contribution in [1.82, 2.24) is 24.8 Å². The number of aromatic nitrogens is 3. The van der Waals surface area contributed by atoms with Crippen molar-refractivity contribution in [2.45, 2.75) is 65.5 Å². The van der Waals surface area contributed by atoms with Gasteiger partial charge in [0.2, 0.25) is 10.0 Å². The summed E-state index contributed by atoms with van der Waals surface area (Å²) in [5.41, 5.74) is 3.38. The number of rotatable bonds is 9. The summed E-state index contributed by atoms with van der Waals surface area (Å²) in [7, 11) is -3.82. The van der Waals surface area contributed by atoms with E-state index in [0.717, 1.165) is 22.4 Å². The number of hydrogen-bond acceptors (Lipinski definition) is 6. The predicted molar refractivity (Wildman–Crippen MR) is 141 cm³/mol. The van der Waals surface area contributed by atoms with Crippen LogP contribution in [-0.2, 0) is 16.4 Å². The average molecular weight is 510 g/mol. The maximum absolute atomic E-state index is 14.2.